The van der Waals surface area contributed by atoms with Crippen molar-refractivity contribution in [2.24, 2.45) is 5.92 Å². The lowest BCUT2D eigenvalue weighted by Gasteiger charge is -2.21. The lowest BCUT2D eigenvalue weighted by atomic mass is 10.0. The van der Waals surface area contributed by atoms with E-state index < -0.39 is 23.7 Å². The highest BCUT2D eigenvalue weighted by Gasteiger charge is 2.26. The van der Waals surface area contributed by atoms with Crippen LogP contribution in [-0.2, 0) is 4.79 Å². The van der Waals surface area contributed by atoms with Crippen LogP contribution in [-0.4, -0.2) is 29.9 Å². The fraction of sp³-hybridized carbons (Fsp3) is 0.227. The first-order valence-electron chi connectivity index (χ1n) is 9.35. The molecule has 0 bridgehead atoms. The number of carbonyl (C=O) groups is 2. The van der Waals surface area contributed by atoms with Crippen LogP contribution >= 0.6 is 11.3 Å². The van der Waals surface area contributed by atoms with Crippen LogP contribution < -0.4 is 15.4 Å². The molecule has 6 nitrogen and oxygen atoms in total. The summed E-state index contributed by atoms with van der Waals surface area (Å²) in [6.45, 7) is 3.60. The number of thiazole rings is 1. The third kappa shape index (κ3) is 5.01. The largest absolute Gasteiger partial charge is 0.497 e. The van der Waals surface area contributed by atoms with Gasteiger partial charge in [-0.3, -0.25) is 9.59 Å². The Bertz CT molecular complexity index is 1030. The molecule has 30 heavy (non-hydrogen) atoms. The Balaban J connectivity index is 1.70. The van der Waals surface area contributed by atoms with Crippen LogP contribution in [0.3, 0.4) is 0 Å². The van der Waals surface area contributed by atoms with Crippen molar-refractivity contribution in [2.75, 3.05) is 12.4 Å². The van der Waals surface area contributed by atoms with E-state index in [1.54, 1.807) is 27.0 Å². The highest BCUT2D eigenvalue weighted by molar-refractivity contribution is 7.14. The summed E-state index contributed by atoms with van der Waals surface area (Å²) < 4.78 is 19.0. The number of anilines is 1. The Labute approximate surface area is 178 Å². The monoisotopic (exact) mass is 427 g/mol. The van der Waals surface area contributed by atoms with Crippen LogP contribution in [0, 0.1) is 11.7 Å². The number of carbonyl (C=O) groups excluding carboxylic acids is 2. The minimum Gasteiger partial charge on any atom is -0.497 e. The van der Waals surface area contributed by atoms with Gasteiger partial charge in [0.2, 0.25) is 5.91 Å². The molecule has 0 spiro atoms. The van der Waals surface area contributed by atoms with E-state index >= 15 is 0 Å². The predicted molar refractivity (Wildman–Crippen MR) is 115 cm³/mol. The molecule has 2 amide bonds. The van der Waals surface area contributed by atoms with Crippen molar-refractivity contribution in [3.05, 3.63) is 65.3 Å². The molecule has 1 heterocycles. The Kier molecular flexibility index (Phi) is 6.79. The van der Waals surface area contributed by atoms with E-state index in [1.807, 2.05) is 29.6 Å². The van der Waals surface area contributed by atoms with Crippen molar-refractivity contribution in [3.63, 3.8) is 0 Å². The van der Waals surface area contributed by atoms with Crippen molar-refractivity contribution in [1.29, 1.82) is 0 Å². The Morgan fingerprint density at radius 3 is 2.43 bits per heavy atom. The summed E-state index contributed by atoms with van der Waals surface area (Å²) in [5.41, 5.74) is 1.50. The molecule has 0 saturated carbocycles. The number of nitrogens with one attached hydrogen (secondary N) is 2. The summed E-state index contributed by atoms with van der Waals surface area (Å²) >= 11 is 1.28. The summed E-state index contributed by atoms with van der Waals surface area (Å²) in [6.07, 6.45) is 0. The molecule has 8 heteroatoms. The number of hydrogen-bond donors (Lipinski definition) is 2. The molecule has 0 aliphatic heterocycles. The first-order chi connectivity index (χ1) is 14.4. The number of amides is 2. The van der Waals surface area contributed by atoms with Crippen LogP contribution in [0.4, 0.5) is 9.52 Å². The Morgan fingerprint density at radius 2 is 1.80 bits per heavy atom. The second-order valence-corrected chi connectivity index (χ2v) is 7.79. The molecular formula is C22H22FN3O3S. The van der Waals surface area contributed by atoms with Gasteiger partial charge in [0, 0.05) is 10.9 Å². The van der Waals surface area contributed by atoms with Gasteiger partial charge in [0.05, 0.1) is 18.4 Å². The van der Waals surface area contributed by atoms with Crippen LogP contribution in [0.5, 0.6) is 5.75 Å². The topological polar surface area (TPSA) is 80.3 Å². The van der Waals surface area contributed by atoms with Gasteiger partial charge in [-0.25, -0.2) is 9.37 Å². The molecule has 0 fully saturated rings. The maximum Gasteiger partial charge on any atom is 0.254 e. The van der Waals surface area contributed by atoms with E-state index in [-0.39, 0.29) is 11.5 Å². The van der Waals surface area contributed by atoms with E-state index in [0.717, 1.165) is 17.0 Å². The van der Waals surface area contributed by atoms with Crippen LogP contribution in [0.25, 0.3) is 11.3 Å². The number of rotatable bonds is 7. The molecule has 0 radical (unpaired) electrons. The second kappa shape index (κ2) is 9.49. The fourth-order valence-corrected chi connectivity index (χ4v) is 3.53. The van der Waals surface area contributed by atoms with Crippen LogP contribution in [0.15, 0.2) is 53.9 Å². The van der Waals surface area contributed by atoms with Crippen molar-refractivity contribution in [1.82, 2.24) is 10.3 Å². The lowest BCUT2D eigenvalue weighted by Crippen LogP contribution is -2.47. The average molecular weight is 428 g/mol. The van der Waals surface area contributed by atoms with Crippen molar-refractivity contribution >= 4 is 28.3 Å². The maximum absolute atomic E-state index is 13.9. The minimum absolute atomic E-state index is 0.105. The maximum atomic E-state index is 13.9. The molecule has 0 aliphatic rings. The zero-order valence-corrected chi connectivity index (χ0v) is 17.6. The summed E-state index contributed by atoms with van der Waals surface area (Å²) in [6, 6.07) is 12.2. The van der Waals surface area contributed by atoms with Crippen molar-refractivity contribution < 1.29 is 18.7 Å². The summed E-state index contributed by atoms with van der Waals surface area (Å²) in [5, 5.41) is 7.61. The normalized spacial score (nSPS) is 11.8. The van der Waals surface area contributed by atoms with Gasteiger partial charge in [-0.2, -0.15) is 0 Å². The smallest absolute Gasteiger partial charge is 0.254 e. The van der Waals surface area contributed by atoms with Crippen LogP contribution in [0.2, 0.25) is 0 Å². The highest BCUT2D eigenvalue weighted by Crippen LogP contribution is 2.26. The number of ether oxygens (including phenoxy) is 1. The molecule has 2 aromatic carbocycles. The van der Waals surface area contributed by atoms with Gasteiger partial charge in [-0.15, -0.1) is 11.3 Å². The van der Waals surface area contributed by atoms with Gasteiger partial charge in [-0.05, 0) is 42.3 Å². The molecule has 1 atom stereocenters. The first kappa shape index (κ1) is 21.4. The number of aromatic nitrogens is 1. The first-order valence-corrected chi connectivity index (χ1v) is 10.2. The minimum atomic E-state index is -0.842. The van der Waals surface area contributed by atoms with Gasteiger partial charge < -0.3 is 15.4 Å². The quantitative estimate of drug-likeness (QED) is 0.587. The third-order valence-corrected chi connectivity index (χ3v) is 5.23. The van der Waals surface area contributed by atoms with Crippen molar-refractivity contribution in [2.45, 2.75) is 19.9 Å². The second-order valence-electron chi connectivity index (χ2n) is 6.93. The van der Waals surface area contributed by atoms with Gasteiger partial charge in [-0.1, -0.05) is 26.0 Å². The number of methoxy groups -OCH3 is 1. The SMILES string of the molecule is COc1ccc(-c2csc(NC(=O)C(NC(=O)c3ccccc3F)C(C)C)n2)cc1. The molecule has 0 saturated heterocycles. The fourth-order valence-electron chi connectivity index (χ4n) is 2.81. The Morgan fingerprint density at radius 1 is 1.10 bits per heavy atom. The summed E-state index contributed by atoms with van der Waals surface area (Å²) in [5.74, 6) is -1.15. The third-order valence-electron chi connectivity index (χ3n) is 4.47. The van der Waals surface area contributed by atoms with E-state index in [9.17, 15) is 14.0 Å². The molecule has 1 unspecified atom stereocenters. The van der Waals surface area contributed by atoms with E-state index in [4.69, 9.17) is 4.74 Å². The van der Waals surface area contributed by atoms with E-state index in [0.29, 0.717) is 5.13 Å². The molecule has 3 rings (SSSR count). The molecule has 3 aromatic rings. The predicted octanol–water partition coefficient (Wildman–Crippen LogP) is 4.35. The highest BCUT2D eigenvalue weighted by atomic mass is 32.1. The molecule has 0 aliphatic carbocycles. The summed E-state index contributed by atoms with van der Waals surface area (Å²) in [7, 11) is 1.60. The molecule has 156 valence electrons. The molecule has 2 N–H and O–H groups in total. The zero-order chi connectivity index (χ0) is 21.7. The zero-order valence-electron chi connectivity index (χ0n) is 16.8. The summed E-state index contributed by atoms with van der Waals surface area (Å²) in [4.78, 5) is 29.6. The van der Waals surface area contributed by atoms with Gasteiger partial charge in [0.1, 0.15) is 17.6 Å². The van der Waals surface area contributed by atoms with Crippen LogP contribution in [0.1, 0.15) is 24.2 Å². The number of halogens is 1. The average Bonchev–Trinajstić information content (AvgIpc) is 3.20. The Hall–Kier alpha value is -3.26. The molecule has 1 aromatic heterocycles. The van der Waals surface area contributed by atoms with Crippen molar-refractivity contribution in [3.8, 4) is 17.0 Å². The van der Waals surface area contributed by atoms with Gasteiger partial charge >= 0.3 is 0 Å². The standard InChI is InChI=1S/C22H22FN3O3S/c1-13(2)19(25-20(27)16-6-4-5-7-17(16)23)21(28)26-22-24-18(12-30-22)14-8-10-15(29-3)11-9-14/h4-13,19H,1-3H3,(H,25,27)(H,24,26,28). The number of hydrogen-bond acceptors (Lipinski definition) is 5. The van der Waals surface area contributed by atoms with E-state index in [1.165, 1.54) is 29.5 Å². The number of nitrogens with zero attached hydrogens (tertiary/aromatic N) is 1. The van der Waals surface area contributed by atoms with E-state index in [2.05, 4.69) is 15.6 Å². The lowest BCUT2D eigenvalue weighted by molar-refractivity contribution is -0.118. The van der Waals surface area contributed by atoms with Gasteiger partial charge in [0.15, 0.2) is 5.13 Å². The number of benzene rings is 2. The van der Waals surface area contributed by atoms with Gasteiger partial charge in [0.25, 0.3) is 5.91 Å². The molecular weight excluding hydrogens is 405 g/mol.